The molecule has 3 aliphatic rings. The molecule has 1 saturated carbocycles. The second-order valence-corrected chi connectivity index (χ2v) is 15.3. The smallest absolute Gasteiger partial charge is 0.408 e. The standard InChI is InChI=1S/C38H49N5O7/c1-9-23-20-38(23,34(39)46)42-32(44)29-18-25(21-43(29)33(45)31(36(2,3)4)41-35(47)50-37(5,6)7)49-30-19-27(22-13-11-10-12-14-22)40-28-17-24(48-8)15-16-26(28)30/h9,11,13-17,19,23,25,29,31H,1,10,12,18,20-21H2,2-8H3,(H2,39,46)(H,41,47)(H,42,44)/t23-,25-,29+,31-,38-/m1/s1. The van der Waals surface area contributed by atoms with Crippen LogP contribution in [0.3, 0.4) is 0 Å². The third-order valence-electron chi connectivity index (χ3n) is 9.27. The monoisotopic (exact) mass is 687 g/mol. The van der Waals surface area contributed by atoms with Crippen LogP contribution in [0.15, 0.2) is 55.1 Å². The Morgan fingerprint density at radius 3 is 2.44 bits per heavy atom. The van der Waals surface area contributed by atoms with Gasteiger partial charge in [-0.25, -0.2) is 9.78 Å². The third kappa shape index (κ3) is 7.79. The predicted octanol–water partition coefficient (Wildman–Crippen LogP) is 4.81. The number of methoxy groups -OCH3 is 1. The molecule has 0 radical (unpaired) electrons. The number of ether oxygens (including phenoxy) is 3. The van der Waals surface area contributed by atoms with Crippen molar-refractivity contribution >= 4 is 40.3 Å². The summed E-state index contributed by atoms with van der Waals surface area (Å²) in [6.45, 7) is 14.5. The van der Waals surface area contributed by atoms with E-state index in [-0.39, 0.29) is 18.9 Å². The Balaban J connectivity index is 1.50. The van der Waals surface area contributed by atoms with E-state index >= 15 is 0 Å². The number of aromatic nitrogens is 1. The van der Waals surface area contributed by atoms with Gasteiger partial charge in [-0.2, -0.15) is 0 Å². The summed E-state index contributed by atoms with van der Waals surface area (Å²) in [6, 6.07) is 5.32. The Kier molecular flexibility index (Phi) is 10.0. The number of rotatable bonds is 10. The first-order valence-corrected chi connectivity index (χ1v) is 17.0. The van der Waals surface area contributed by atoms with Gasteiger partial charge in [0, 0.05) is 29.9 Å². The number of primary amides is 1. The zero-order valence-electron chi connectivity index (χ0n) is 30.0. The number of fused-ring (bicyclic) bond motifs is 1. The lowest BCUT2D eigenvalue weighted by molar-refractivity contribution is -0.143. The number of benzene rings is 1. The van der Waals surface area contributed by atoms with E-state index in [0.29, 0.717) is 23.4 Å². The number of likely N-dealkylation sites (tertiary alicyclic amines) is 1. The Hall–Kier alpha value is -4.87. The number of hydrogen-bond donors (Lipinski definition) is 3. The number of nitrogens with one attached hydrogen (secondary N) is 2. The molecule has 1 aromatic carbocycles. The highest BCUT2D eigenvalue weighted by molar-refractivity contribution is 5.98. The van der Waals surface area contributed by atoms with Crippen LogP contribution in [-0.4, -0.2) is 76.7 Å². The molecule has 1 saturated heterocycles. The third-order valence-corrected chi connectivity index (χ3v) is 9.27. The fraction of sp³-hybridized carbons (Fsp3) is 0.500. The minimum absolute atomic E-state index is 0.0336. The maximum absolute atomic E-state index is 14.5. The average molecular weight is 688 g/mol. The predicted molar refractivity (Wildman–Crippen MR) is 190 cm³/mol. The molecular formula is C38H49N5O7. The summed E-state index contributed by atoms with van der Waals surface area (Å²) >= 11 is 0. The van der Waals surface area contributed by atoms with Gasteiger partial charge in [-0.15, -0.1) is 6.58 Å². The molecule has 5 atom stereocenters. The summed E-state index contributed by atoms with van der Waals surface area (Å²) in [4.78, 5) is 60.3. The van der Waals surface area contributed by atoms with Gasteiger partial charge in [-0.05, 0) is 63.2 Å². The van der Waals surface area contributed by atoms with Crippen molar-refractivity contribution in [2.45, 2.75) is 96.6 Å². The number of allylic oxidation sites excluding steroid dienone is 4. The van der Waals surface area contributed by atoms with Gasteiger partial charge < -0.3 is 35.5 Å². The topological polar surface area (TPSA) is 162 Å². The van der Waals surface area contributed by atoms with E-state index in [4.69, 9.17) is 24.9 Å². The van der Waals surface area contributed by atoms with Crippen LogP contribution in [-0.2, 0) is 19.1 Å². The molecule has 50 heavy (non-hydrogen) atoms. The summed E-state index contributed by atoms with van der Waals surface area (Å²) in [5, 5.41) is 6.32. The molecule has 0 unspecified atom stereocenters. The van der Waals surface area contributed by atoms with Gasteiger partial charge in [0.2, 0.25) is 17.7 Å². The molecule has 12 nitrogen and oxygen atoms in total. The lowest BCUT2D eigenvalue weighted by atomic mass is 9.85. The van der Waals surface area contributed by atoms with E-state index in [1.54, 1.807) is 34.0 Å². The first-order valence-electron chi connectivity index (χ1n) is 17.0. The molecule has 1 aliphatic heterocycles. The highest BCUT2D eigenvalue weighted by Crippen LogP contribution is 2.44. The van der Waals surface area contributed by atoms with Gasteiger partial charge in [0.05, 0.1) is 24.9 Å². The van der Waals surface area contributed by atoms with Crippen molar-refractivity contribution in [1.29, 1.82) is 0 Å². The van der Waals surface area contributed by atoms with Crippen LogP contribution < -0.4 is 25.8 Å². The van der Waals surface area contributed by atoms with E-state index in [2.05, 4.69) is 29.4 Å². The van der Waals surface area contributed by atoms with Gasteiger partial charge in [0.1, 0.15) is 40.8 Å². The van der Waals surface area contributed by atoms with E-state index < -0.39 is 58.6 Å². The molecule has 12 heteroatoms. The van der Waals surface area contributed by atoms with Crippen molar-refractivity contribution < 1.29 is 33.4 Å². The highest BCUT2D eigenvalue weighted by Gasteiger charge is 2.60. The van der Waals surface area contributed by atoms with Crippen LogP contribution in [0.1, 0.15) is 72.9 Å². The quantitative estimate of drug-likeness (QED) is 0.300. The first-order chi connectivity index (χ1) is 23.5. The number of nitrogens with zero attached hydrogens (tertiary/aromatic N) is 2. The first kappa shape index (κ1) is 36.4. The second kappa shape index (κ2) is 13.8. The molecule has 0 spiro atoms. The molecular weight excluding hydrogens is 638 g/mol. The van der Waals surface area contributed by atoms with Crippen LogP contribution in [0.5, 0.6) is 11.5 Å². The number of alkyl carbamates (subject to hydrolysis) is 1. The molecule has 2 aliphatic carbocycles. The van der Waals surface area contributed by atoms with E-state index in [9.17, 15) is 19.2 Å². The lowest BCUT2D eigenvalue weighted by Gasteiger charge is -2.36. The number of carbonyl (C=O) groups excluding carboxylic acids is 4. The minimum Gasteiger partial charge on any atom is -0.497 e. The number of nitrogens with two attached hydrogens (primary N) is 1. The van der Waals surface area contributed by atoms with Crippen molar-refractivity contribution in [2.75, 3.05) is 13.7 Å². The number of amides is 4. The normalized spacial score (nSPS) is 23.8. The molecule has 0 bridgehead atoms. The van der Waals surface area contributed by atoms with E-state index in [1.165, 1.54) is 4.90 Å². The highest BCUT2D eigenvalue weighted by atomic mass is 16.6. The van der Waals surface area contributed by atoms with E-state index in [1.807, 2.05) is 51.1 Å². The number of pyridine rings is 1. The van der Waals surface area contributed by atoms with Crippen LogP contribution in [0, 0.1) is 11.3 Å². The Morgan fingerprint density at radius 1 is 1.12 bits per heavy atom. The molecule has 268 valence electrons. The summed E-state index contributed by atoms with van der Waals surface area (Å²) in [5.74, 6) is -0.841. The maximum atomic E-state index is 14.5. The second-order valence-electron chi connectivity index (χ2n) is 15.3. The zero-order chi connectivity index (χ0) is 36.6. The summed E-state index contributed by atoms with van der Waals surface area (Å²) in [5.41, 5.74) is 5.26. The van der Waals surface area contributed by atoms with Crippen LogP contribution in [0.4, 0.5) is 4.79 Å². The SMILES string of the molecule is C=C[C@@H]1C[C@]1(NC(=O)[C@@H]1C[C@@H](Oc2cc(C3=CCCC=C3)nc3cc(OC)ccc23)CN1C(=O)[C@@H](NC(=O)OC(C)(C)C)C(C)(C)C)C(N)=O. The van der Waals surface area contributed by atoms with Crippen molar-refractivity contribution in [1.82, 2.24) is 20.5 Å². The molecule has 4 N–H and O–H groups in total. The Bertz CT molecular complexity index is 1750. The van der Waals surface area contributed by atoms with Crippen molar-refractivity contribution in [3.63, 3.8) is 0 Å². The number of hydrogen-bond acceptors (Lipinski definition) is 8. The average Bonchev–Trinajstić information content (AvgIpc) is 3.61. The molecule has 2 fully saturated rings. The summed E-state index contributed by atoms with van der Waals surface area (Å²) < 4.78 is 17.6. The maximum Gasteiger partial charge on any atom is 0.408 e. The Labute approximate surface area is 293 Å². The Morgan fingerprint density at radius 2 is 1.86 bits per heavy atom. The molecule has 4 amide bonds. The summed E-state index contributed by atoms with van der Waals surface area (Å²) in [6.07, 6.45) is 8.75. The van der Waals surface area contributed by atoms with Gasteiger partial charge in [0.15, 0.2) is 0 Å². The molecule has 1 aromatic heterocycles. The van der Waals surface area contributed by atoms with Crippen molar-refractivity contribution in [3.8, 4) is 11.5 Å². The van der Waals surface area contributed by atoms with Crippen molar-refractivity contribution in [3.05, 3.63) is 60.8 Å². The lowest BCUT2D eigenvalue weighted by Crippen LogP contribution is -2.59. The molecule has 2 aromatic rings. The van der Waals surface area contributed by atoms with E-state index in [0.717, 1.165) is 29.5 Å². The van der Waals surface area contributed by atoms with Gasteiger partial charge in [-0.3, -0.25) is 14.4 Å². The molecule has 2 heterocycles. The molecule has 5 rings (SSSR count). The minimum atomic E-state index is -1.28. The fourth-order valence-corrected chi connectivity index (χ4v) is 6.51. The fourth-order valence-electron chi connectivity index (χ4n) is 6.51. The largest absolute Gasteiger partial charge is 0.497 e. The van der Waals surface area contributed by atoms with Crippen LogP contribution in [0.2, 0.25) is 0 Å². The van der Waals surface area contributed by atoms with Crippen LogP contribution in [0.25, 0.3) is 16.5 Å². The van der Waals surface area contributed by atoms with Gasteiger partial charge >= 0.3 is 6.09 Å². The summed E-state index contributed by atoms with van der Waals surface area (Å²) in [7, 11) is 1.59. The zero-order valence-corrected chi connectivity index (χ0v) is 30.0. The van der Waals surface area contributed by atoms with Gasteiger partial charge in [-0.1, -0.05) is 45.1 Å². The number of carbonyl (C=O) groups is 4. The van der Waals surface area contributed by atoms with Crippen molar-refractivity contribution in [2.24, 2.45) is 17.1 Å². The van der Waals surface area contributed by atoms with Gasteiger partial charge in [0.25, 0.3) is 0 Å². The van der Waals surface area contributed by atoms with Crippen LogP contribution >= 0.6 is 0 Å².